The Hall–Kier alpha value is -2.91. The number of amides is 1. The summed E-state index contributed by atoms with van der Waals surface area (Å²) in [6.07, 6.45) is 2.61. The summed E-state index contributed by atoms with van der Waals surface area (Å²) in [5.41, 5.74) is 5.34. The summed E-state index contributed by atoms with van der Waals surface area (Å²) < 4.78 is 0. The van der Waals surface area contributed by atoms with Crippen molar-refractivity contribution in [1.82, 2.24) is 10.2 Å². The van der Waals surface area contributed by atoms with Gasteiger partial charge in [0.1, 0.15) is 0 Å². The van der Waals surface area contributed by atoms with Crippen LogP contribution in [-0.4, -0.2) is 23.9 Å². The van der Waals surface area contributed by atoms with E-state index in [1.54, 1.807) is 0 Å². The number of aryl methyl sites for hydroxylation is 1. The molecule has 1 amide bonds. The Morgan fingerprint density at radius 3 is 2.32 bits per heavy atom. The third-order valence-electron chi connectivity index (χ3n) is 6.18. The molecular formula is C28H32N2O. The van der Waals surface area contributed by atoms with E-state index in [1.807, 2.05) is 30.3 Å². The average Bonchev–Trinajstić information content (AvgIpc) is 2.79. The zero-order valence-corrected chi connectivity index (χ0v) is 18.6. The van der Waals surface area contributed by atoms with Gasteiger partial charge in [0.05, 0.1) is 6.04 Å². The van der Waals surface area contributed by atoms with Crippen molar-refractivity contribution in [3.05, 3.63) is 107 Å². The summed E-state index contributed by atoms with van der Waals surface area (Å²) in [5, 5.41) is 3.24. The molecule has 1 saturated heterocycles. The molecule has 0 unspecified atom stereocenters. The van der Waals surface area contributed by atoms with E-state index in [1.165, 1.54) is 30.5 Å². The third-order valence-corrected chi connectivity index (χ3v) is 6.18. The lowest BCUT2D eigenvalue weighted by molar-refractivity contribution is 0.0943. The van der Waals surface area contributed by atoms with Crippen LogP contribution in [0.1, 0.15) is 58.4 Å². The van der Waals surface area contributed by atoms with Gasteiger partial charge in [-0.05, 0) is 61.1 Å². The zero-order chi connectivity index (χ0) is 21.6. The molecule has 0 bridgehead atoms. The topological polar surface area (TPSA) is 32.3 Å². The number of nitrogens with one attached hydrogen (secondary N) is 1. The van der Waals surface area contributed by atoms with Gasteiger partial charge >= 0.3 is 0 Å². The van der Waals surface area contributed by atoms with Gasteiger partial charge in [-0.2, -0.15) is 0 Å². The normalized spacial score (nSPS) is 17.8. The van der Waals surface area contributed by atoms with E-state index < -0.39 is 0 Å². The third kappa shape index (κ3) is 5.62. The van der Waals surface area contributed by atoms with Crippen LogP contribution in [0.2, 0.25) is 0 Å². The van der Waals surface area contributed by atoms with Gasteiger partial charge in [-0.25, -0.2) is 0 Å². The van der Waals surface area contributed by atoms with Crippen LogP contribution in [0.25, 0.3) is 0 Å². The summed E-state index contributed by atoms with van der Waals surface area (Å²) in [4.78, 5) is 15.6. The molecule has 0 saturated carbocycles. The Kier molecular flexibility index (Phi) is 6.83. The van der Waals surface area contributed by atoms with Crippen LogP contribution in [-0.2, 0) is 6.54 Å². The van der Waals surface area contributed by atoms with Crippen molar-refractivity contribution in [3.8, 4) is 0 Å². The standard InChI is InChI=1S/C28H32N2O/c1-21-10-14-25(15-11-21)27(24-8-4-3-5-9-24)29-28(31)26-16-12-23(13-17-26)20-30-18-6-7-22(2)19-30/h3-5,8-17,22,27H,6-7,18-20H2,1-2H3,(H,29,31)/t22-,27-/m1/s1. The molecule has 0 radical (unpaired) electrons. The van der Waals surface area contributed by atoms with Crippen LogP contribution in [0.4, 0.5) is 0 Å². The molecule has 160 valence electrons. The lowest BCUT2D eigenvalue weighted by atomic mass is 9.97. The SMILES string of the molecule is Cc1ccc([C@H](NC(=O)c2ccc(CN3CCC[C@@H](C)C3)cc2)c2ccccc2)cc1. The first kappa shape index (κ1) is 21.3. The molecule has 1 fully saturated rings. The molecule has 1 aliphatic rings. The second-order valence-corrected chi connectivity index (χ2v) is 8.91. The summed E-state index contributed by atoms with van der Waals surface area (Å²) >= 11 is 0. The van der Waals surface area contributed by atoms with Crippen LogP contribution in [0.5, 0.6) is 0 Å². The van der Waals surface area contributed by atoms with Crippen molar-refractivity contribution >= 4 is 5.91 Å². The fraction of sp³-hybridized carbons (Fsp3) is 0.321. The Morgan fingerprint density at radius 1 is 0.968 bits per heavy atom. The number of hydrogen-bond donors (Lipinski definition) is 1. The fourth-order valence-corrected chi connectivity index (χ4v) is 4.43. The van der Waals surface area contributed by atoms with Gasteiger partial charge in [0, 0.05) is 18.7 Å². The predicted molar refractivity (Wildman–Crippen MR) is 127 cm³/mol. The van der Waals surface area contributed by atoms with Crippen LogP contribution >= 0.6 is 0 Å². The van der Waals surface area contributed by atoms with Crippen molar-refractivity contribution in [2.24, 2.45) is 5.92 Å². The number of likely N-dealkylation sites (tertiary alicyclic amines) is 1. The monoisotopic (exact) mass is 412 g/mol. The lowest BCUT2D eigenvalue weighted by Crippen LogP contribution is -2.33. The van der Waals surface area contributed by atoms with Gasteiger partial charge in [-0.15, -0.1) is 0 Å². The first-order valence-electron chi connectivity index (χ1n) is 11.3. The number of hydrogen-bond acceptors (Lipinski definition) is 2. The number of benzene rings is 3. The van der Waals surface area contributed by atoms with Crippen LogP contribution in [0, 0.1) is 12.8 Å². The van der Waals surface area contributed by atoms with Crippen molar-refractivity contribution in [2.45, 2.75) is 39.3 Å². The quantitative estimate of drug-likeness (QED) is 0.559. The van der Waals surface area contributed by atoms with Gasteiger partial charge in [0.15, 0.2) is 0 Å². The Bertz CT molecular complexity index is 980. The summed E-state index contributed by atoms with van der Waals surface area (Å²) in [7, 11) is 0. The highest BCUT2D eigenvalue weighted by Crippen LogP contribution is 2.23. The molecule has 1 N–H and O–H groups in total. The highest BCUT2D eigenvalue weighted by Gasteiger charge is 2.19. The Balaban J connectivity index is 1.47. The minimum atomic E-state index is -0.177. The van der Waals surface area contributed by atoms with E-state index in [0.717, 1.165) is 30.1 Å². The van der Waals surface area contributed by atoms with Gasteiger partial charge in [-0.1, -0.05) is 79.2 Å². The maximum absolute atomic E-state index is 13.1. The minimum Gasteiger partial charge on any atom is -0.341 e. The molecule has 3 aromatic rings. The van der Waals surface area contributed by atoms with Gasteiger partial charge in [0.25, 0.3) is 5.91 Å². The molecule has 1 aliphatic heterocycles. The van der Waals surface area contributed by atoms with Gasteiger partial charge in [0.2, 0.25) is 0 Å². The maximum atomic E-state index is 13.1. The van der Waals surface area contributed by atoms with Crippen molar-refractivity contribution in [3.63, 3.8) is 0 Å². The van der Waals surface area contributed by atoms with Crippen molar-refractivity contribution < 1.29 is 4.79 Å². The van der Waals surface area contributed by atoms with Crippen molar-refractivity contribution in [2.75, 3.05) is 13.1 Å². The summed E-state index contributed by atoms with van der Waals surface area (Å²) in [5.74, 6) is 0.725. The average molecular weight is 413 g/mol. The Morgan fingerprint density at radius 2 is 1.65 bits per heavy atom. The highest BCUT2D eigenvalue weighted by atomic mass is 16.1. The summed E-state index contributed by atoms with van der Waals surface area (Å²) in [6.45, 7) is 7.70. The number of carbonyl (C=O) groups is 1. The smallest absolute Gasteiger partial charge is 0.252 e. The molecule has 1 heterocycles. The fourth-order valence-electron chi connectivity index (χ4n) is 4.43. The molecule has 31 heavy (non-hydrogen) atoms. The molecule has 2 atom stereocenters. The zero-order valence-electron chi connectivity index (χ0n) is 18.6. The molecule has 0 aromatic heterocycles. The lowest BCUT2D eigenvalue weighted by Gasteiger charge is -2.30. The summed E-state index contributed by atoms with van der Waals surface area (Å²) in [6, 6.07) is 26.4. The second kappa shape index (κ2) is 9.93. The molecule has 3 nitrogen and oxygen atoms in total. The van der Waals surface area contributed by atoms with E-state index in [-0.39, 0.29) is 11.9 Å². The van der Waals surface area contributed by atoms with Crippen LogP contribution in [0.15, 0.2) is 78.9 Å². The van der Waals surface area contributed by atoms with Gasteiger partial charge < -0.3 is 5.32 Å². The van der Waals surface area contributed by atoms with Crippen LogP contribution in [0.3, 0.4) is 0 Å². The molecular weight excluding hydrogens is 380 g/mol. The maximum Gasteiger partial charge on any atom is 0.252 e. The Labute approximate surface area is 186 Å². The van der Waals surface area contributed by atoms with Crippen molar-refractivity contribution in [1.29, 1.82) is 0 Å². The molecule has 3 aromatic carbocycles. The molecule has 0 spiro atoms. The number of carbonyl (C=O) groups excluding carboxylic acids is 1. The van der Waals surface area contributed by atoms with Crippen LogP contribution < -0.4 is 5.32 Å². The molecule has 4 rings (SSSR count). The van der Waals surface area contributed by atoms with E-state index in [2.05, 4.69) is 72.6 Å². The van der Waals surface area contributed by atoms with E-state index in [4.69, 9.17) is 0 Å². The first-order chi connectivity index (χ1) is 15.1. The van der Waals surface area contributed by atoms with E-state index >= 15 is 0 Å². The molecule has 3 heteroatoms. The number of rotatable bonds is 6. The number of piperidine rings is 1. The van der Waals surface area contributed by atoms with E-state index in [0.29, 0.717) is 5.56 Å². The number of nitrogens with zero attached hydrogens (tertiary/aromatic N) is 1. The predicted octanol–water partition coefficient (Wildman–Crippen LogP) is 5.75. The first-order valence-corrected chi connectivity index (χ1v) is 11.3. The molecule has 0 aliphatic carbocycles. The second-order valence-electron chi connectivity index (χ2n) is 8.91. The van der Waals surface area contributed by atoms with Gasteiger partial charge in [-0.3, -0.25) is 9.69 Å². The van der Waals surface area contributed by atoms with E-state index in [9.17, 15) is 4.79 Å². The highest BCUT2D eigenvalue weighted by molar-refractivity contribution is 5.94. The largest absolute Gasteiger partial charge is 0.341 e. The minimum absolute atomic E-state index is 0.0485.